The van der Waals surface area contributed by atoms with E-state index in [0.29, 0.717) is 40.4 Å². The van der Waals surface area contributed by atoms with Gasteiger partial charge in [0, 0.05) is 10.0 Å². The first-order valence-corrected chi connectivity index (χ1v) is 12.7. The molecule has 4 amide bonds. The summed E-state index contributed by atoms with van der Waals surface area (Å²) < 4.78 is 13.4. The van der Waals surface area contributed by atoms with Crippen molar-refractivity contribution in [1.29, 1.82) is 0 Å². The maximum absolute atomic E-state index is 13.2. The van der Waals surface area contributed by atoms with E-state index < -0.39 is 17.8 Å². The van der Waals surface area contributed by atoms with E-state index in [1.165, 1.54) is 6.08 Å². The first-order valence-electron chi connectivity index (χ1n) is 11.1. The smallest absolute Gasteiger partial charge is 0.335 e. The minimum absolute atomic E-state index is 0.175. The Kier molecular flexibility index (Phi) is 7.91. The van der Waals surface area contributed by atoms with E-state index in [2.05, 4.69) is 37.2 Å². The summed E-state index contributed by atoms with van der Waals surface area (Å²) >= 11 is 7.04. The van der Waals surface area contributed by atoms with Crippen LogP contribution in [0.5, 0.6) is 11.5 Å². The van der Waals surface area contributed by atoms with Gasteiger partial charge in [-0.1, -0.05) is 51.8 Å². The number of aryl methyl sites for hydroxylation is 1. The van der Waals surface area contributed by atoms with Gasteiger partial charge in [0.2, 0.25) is 0 Å². The van der Waals surface area contributed by atoms with Crippen LogP contribution in [0.2, 0.25) is 0 Å². The number of urea groups is 1. The number of nitrogens with one attached hydrogen (secondary N) is 1. The van der Waals surface area contributed by atoms with Crippen LogP contribution < -0.4 is 19.7 Å². The topological polar surface area (TPSA) is 84.9 Å². The molecule has 36 heavy (non-hydrogen) atoms. The molecular formula is C27H22Br2N2O5. The lowest BCUT2D eigenvalue weighted by molar-refractivity contribution is -0.122. The lowest BCUT2D eigenvalue weighted by Gasteiger charge is -2.26. The fourth-order valence-electron chi connectivity index (χ4n) is 3.59. The van der Waals surface area contributed by atoms with E-state index in [-0.39, 0.29) is 5.57 Å². The molecule has 0 aromatic heterocycles. The van der Waals surface area contributed by atoms with Gasteiger partial charge >= 0.3 is 6.03 Å². The molecular weight excluding hydrogens is 592 g/mol. The number of hydrogen-bond acceptors (Lipinski definition) is 5. The van der Waals surface area contributed by atoms with E-state index in [1.807, 2.05) is 38.1 Å². The standard InChI is InChI=1S/C27H22Br2N2O5/c1-3-35-23-14-17(13-22(29)24(23)36-15-18-6-4-5-7-21(18)28)12-20-25(32)30-27(34)31(26(20)33)19-10-8-16(2)9-11-19/h4-14H,3,15H2,1-2H3,(H,30,32,34)/b20-12+. The van der Waals surface area contributed by atoms with Crippen LogP contribution in [0.15, 0.2) is 75.2 Å². The third kappa shape index (κ3) is 5.52. The predicted molar refractivity (Wildman–Crippen MR) is 144 cm³/mol. The maximum atomic E-state index is 13.2. The van der Waals surface area contributed by atoms with Crippen molar-refractivity contribution >= 4 is 61.5 Å². The molecule has 0 radical (unpaired) electrons. The van der Waals surface area contributed by atoms with E-state index in [0.717, 1.165) is 20.5 Å². The average molecular weight is 614 g/mol. The number of carbonyl (C=O) groups excluding carboxylic acids is 3. The molecule has 0 spiro atoms. The summed E-state index contributed by atoms with van der Waals surface area (Å²) in [6.45, 7) is 4.43. The summed E-state index contributed by atoms with van der Waals surface area (Å²) in [5, 5.41) is 2.24. The number of halogens is 2. The molecule has 0 unspecified atom stereocenters. The highest BCUT2D eigenvalue weighted by molar-refractivity contribution is 9.10. The number of nitrogens with zero attached hydrogens (tertiary/aromatic N) is 1. The van der Waals surface area contributed by atoms with E-state index >= 15 is 0 Å². The molecule has 1 N–H and O–H groups in total. The molecule has 1 saturated heterocycles. The van der Waals surface area contributed by atoms with Gasteiger partial charge in [-0.3, -0.25) is 14.9 Å². The molecule has 4 rings (SSSR count). The Balaban J connectivity index is 1.66. The van der Waals surface area contributed by atoms with Gasteiger partial charge in [0.1, 0.15) is 12.2 Å². The maximum Gasteiger partial charge on any atom is 0.335 e. The number of ether oxygens (including phenoxy) is 2. The van der Waals surface area contributed by atoms with Crippen LogP contribution >= 0.6 is 31.9 Å². The Bertz CT molecular complexity index is 1370. The lowest BCUT2D eigenvalue weighted by Crippen LogP contribution is -2.54. The van der Waals surface area contributed by atoms with Crippen molar-refractivity contribution in [2.45, 2.75) is 20.5 Å². The van der Waals surface area contributed by atoms with Crippen molar-refractivity contribution in [2.24, 2.45) is 0 Å². The molecule has 0 atom stereocenters. The van der Waals surface area contributed by atoms with Gasteiger partial charge in [0.15, 0.2) is 11.5 Å². The minimum Gasteiger partial charge on any atom is -0.490 e. The second kappa shape index (κ2) is 11.1. The molecule has 0 bridgehead atoms. The second-order valence-electron chi connectivity index (χ2n) is 7.94. The molecule has 1 aliphatic rings. The van der Waals surface area contributed by atoms with Crippen LogP contribution in [0.3, 0.4) is 0 Å². The second-order valence-corrected chi connectivity index (χ2v) is 9.65. The third-order valence-corrected chi connectivity index (χ3v) is 6.73. The number of rotatable bonds is 7. The zero-order chi connectivity index (χ0) is 25.8. The first-order chi connectivity index (χ1) is 17.3. The van der Waals surface area contributed by atoms with Crippen molar-refractivity contribution < 1.29 is 23.9 Å². The molecule has 3 aromatic rings. The summed E-state index contributed by atoms with van der Waals surface area (Å²) in [7, 11) is 0. The number of anilines is 1. The number of benzene rings is 3. The molecule has 3 aromatic carbocycles. The van der Waals surface area contributed by atoms with Gasteiger partial charge in [-0.15, -0.1) is 0 Å². The lowest BCUT2D eigenvalue weighted by atomic mass is 10.1. The first kappa shape index (κ1) is 25.7. The SMILES string of the molecule is CCOc1cc(/C=C2\C(=O)NC(=O)N(c3ccc(C)cc3)C2=O)cc(Br)c1OCc1ccccc1Br. The summed E-state index contributed by atoms with van der Waals surface area (Å²) in [6, 6.07) is 17.2. The summed E-state index contributed by atoms with van der Waals surface area (Å²) in [4.78, 5) is 39.2. The normalized spacial score (nSPS) is 14.7. The largest absolute Gasteiger partial charge is 0.490 e. The van der Waals surface area contributed by atoms with Crippen LogP contribution in [0.4, 0.5) is 10.5 Å². The van der Waals surface area contributed by atoms with Gasteiger partial charge in [0.25, 0.3) is 11.8 Å². The molecule has 9 heteroatoms. The molecule has 1 aliphatic heterocycles. The number of barbiturate groups is 1. The van der Waals surface area contributed by atoms with Crippen LogP contribution in [-0.4, -0.2) is 24.5 Å². The average Bonchev–Trinajstić information content (AvgIpc) is 2.83. The zero-order valence-electron chi connectivity index (χ0n) is 19.5. The number of carbonyl (C=O) groups is 3. The van der Waals surface area contributed by atoms with Crippen molar-refractivity contribution in [3.63, 3.8) is 0 Å². The molecule has 1 heterocycles. The van der Waals surface area contributed by atoms with Crippen molar-refractivity contribution in [1.82, 2.24) is 5.32 Å². The molecule has 0 aliphatic carbocycles. The summed E-state index contributed by atoms with van der Waals surface area (Å²) in [5.74, 6) is -0.542. The third-order valence-electron chi connectivity index (χ3n) is 5.37. The van der Waals surface area contributed by atoms with Gasteiger partial charge in [0.05, 0.1) is 16.8 Å². The molecule has 1 fully saturated rings. The quantitative estimate of drug-likeness (QED) is 0.255. The van der Waals surface area contributed by atoms with Crippen LogP contribution in [0, 0.1) is 6.92 Å². The van der Waals surface area contributed by atoms with Crippen molar-refractivity contribution in [3.05, 3.63) is 91.9 Å². The highest BCUT2D eigenvalue weighted by Gasteiger charge is 2.36. The van der Waals surface area contributed by atoms with Gasteiger partial charge in [-0.25, -0.2) is 9.69 Å². The fraction of sp³-hybridized carbons (Fsp3) is 0.148. The molecule has 0 saturated carbocycles. The number of imide groups is 2. The van der Waals surface area contributed by atoms with Gasteiger partial charge in [-0.05, 0) is 71.7 Å². The van der Waals surface area contributed by atoms with E-state index in [9.17, 15) is 14.4 Å². The van der Waals surface area contributed by atoms with E-state index in [4.69, 9.17) is 9.47 Å². The van der Waals surface area contributed by atoms with Gasteiger partial charge < -0.3 is 9.47 Å². The van der Waals surface area contributed by atoms with Crippen LogP contribution in [0.1, 0.15) is 23.6 Å². The van der Waals surface area contributed by atoms with Gasteiger partial charge in [-0.2, -0.15) is 0 Å². The number of amides is 4. The Morgan fingerprint density at radius 2 is 1.67 bits per heavy atom. The fourth-order valence-corrected chi connectivity index (χ4v) is 4.57. The Labute approximate surface area is 225 Å². The summed E-state index contributed by atoms with van der Waals surface area (Å²) in [5.41, 5.74) is 2.66. The Morgan fingerprint density at radius 1 is 0.944 bits per heavy atom. The molecule has 7 nitrogen and oxygen atoms in total. The highest BCUT2D eigenvalue weighted by atomic mass is 79.9. The van der Waals surface area contributed by atoms with E-state index in [1.54, 1.807) is 36.4 Å². The highest BCUT2D eigenvalue weighted by Crippen LogP contribution is 2.38. The Hall–Kier alpha value is -3.43. The minimum atomic E-state index is -0.794. The van der Waals surface area contributed by atoms with Crippen LogP contribution in [0.25, 0.3) is 6.08 Å². The Morgan fingerprint density at radius 3 is 2.36 bits per heavy atom. The van der Waals surface area contributed by atoms with Crippen molar-refractivity contribution in [3.8, 4) is 11.5 Å². The number of hydrogen-bond donors (Lipinski definition) is 1. The summed E-state index contributed by atoms with van der Waals surface area (Å²) in [6.07, 6.45) is 1.43. The zero-order valence-corrected chi connectivity index (χ0v) is 22.7. The van der Waals surface area contributed by atoms with Crippen molar-refractivity contribution in [2.75, 3.05) is 11.5 Å². The molecule has 184 valence electrons. The van der Waals surface area contributed by atoms with Crippen LogP contribution in [-0.2, 0) is 16.2 Å². The monoisotopic (exact) mass is 612 g/mol. The predicted octanol–water partition coefficient (Wildman–Crippen LogP) is 6.16.